The van der Waals surface area contributed by atoms with Crippen LogP contribution in [0.2, 0.25) is 0 Å². The molecule has 3 aromatic heterocycles. The molecule has 0 atom stereocenters. The number of nitrogens with zero attached hydrogens (tertiary/aromatic N) is 8. The normalized spacial score (nSPS) is 11.6. The van der Waals surface area contributed by atoms with Gasteiger partial charge in [-0.1, -0.05) is 104 Å². The first-order valence-electron chi connectivity index (χ1n) is 13.4. The fraction of sp³-hybridized carbons (Fsp3) is 0. The van der Waals surface area contributed by atoms with Gasteiger partial charge in [0, 0.05) is 45.4 Å². The van der Waals surface area contributed by atoms with E-state index in [0.29, 0.717) is 45.9 Å². The summed E-state index contributed by atoms with van der Waals surface area (Å²) in [5.41, 5.74) is 5.85. The predicted octanol–water partition coefficient (Wildman–Crippen LogP) is 5.54. The molecule has 43 heavy (non-hydrogen) atoms. The first-order chi connectivity index (χ1) is 21.2. The van der Waals surface area contributed by atoms with Gasteiger partial charge in [0.15, 0.2) is 0 Å². The molecule has 0 unspecified atom stereocenters. The number of hydrogen-bond donors (Lipinski definition) is 0. The van der Waals surface area contributed by atoms with Crippen LogP contribution < -0.4 is 14.5 Å². The van der Waals surface area contributed by atoms with Gasteiger partial charge < -0.3 is 34.5 Å². The van der Waals surface area contributed by atoms with E-state index in [1.165, 1.54) is 0 Å². The standard InChI is InChI=1S/C33H18N8.O.Ti/c1-41-32-24-16-8-9-17-25(24)33(41)40-31-23-15-7-5-13-21(23)29(38-31)36-27-19-11-3-2-10-18(19)26(34-27)35-28-20-12-4-6-14-22(20)30(37-28)39-32;;/h2-17H,1H2;;/q-2;;+2. The van der Waals surface area contributed by atoms with Gasteiger partial charge in [0.25, 0.3) is 0 Å². The minimum atomic E-state index is 0.551. The Kier molecular flexibility index (Phi) is 5.82. The zero-order valence-corrected chi connectivity index (χ0v) is 24.0. The Morgan fingerprint density at radius 2 is 0.791 bits per heavy atom. The van der Waals surface area contributed by atoms with Crippen LogP contribution >= 0.6 is 0 Å². The van der Waals surface area contributed by atoms with Crippen LogP contribution in [0.1, 0.15) is 0 Å². The third-order valence-corrected chi connectivity index (χ3v) is 7.63. The molecule has 5 heterocycles. The summed E-state index contributed by atoms with van der Waals surface area (Å²) < 4.78 is 10.0. The summed E-state index contributed by atoms with van der Waals surface area (Å²) in [4.78, 5) is 34.8. The second-order valence-corrected chi connectivity index (χ2v) is 9.98. The second kappa shape index (κ2) is 9.87. The van der Waals surface area contributed by atoms with Gasteiger partial charge in [-0.2, -0.15) is 0 Å². The summed E-state index contributed by atoms with van der Waals surface area (Å²) >= 11 is 0.750. The Balaban J connectivity index is 0.00000136. The molecule has 2 aliphatic heterocycles. The van der Waals surface area contributed by atoms with Crippen LogP contribution in [0.25, 0.3) is 89.7 Å². The van der Waals surface area contributed by atoms with Crippen molar-refractivity contribution < 1.29 is 28.3 Å². The van der Waals surface area contributed by atoms with E-state index in [0.717, 1.165) is 64.2 Å². The van der Waals surface area contributed by atoms with E-state index in [-0.39, 0.29) is 0 Å². The summed E-state index contributed by atoms with van der Waals surface area (Å²) in [6.45, 7) is 0. The Hall–Kier alpha value is -5.38. The predicted molar refractivity (Wildman–Crippen MR) is 158 cm³/mol. The van der Waals surface area contributed by atoms with Crippen molar-refractivity contribution in [3.05, 3.63) is 104 Å². The van der Waals surface area contributed by atoms with E-state index in [2.05, 4.69) is 7.05 Å². The van der Waals surface area contributed by atoms with E-state index in [4.69, 9.17) is 38.2 Å². The molecule has 8 bridgehead atoms. The van der Waals surface area contributed by atoms with Crippen molar-refractivity contribution in [2.45, 2.75) is 0 Å². The number of hydrogen-bond acceptors (Lipinski definition) is 6. The van der Waals surface area contributed by atoms with E-state index < -0.39 is 0 Å². The van der Waals surface area contributed by atoms with Crippen molar-refractivity contribution in [3.8, 4) is 45.6 Å². The van der Waals surface area contributed by atoms with Crippen LogP contribution in [0.3, 0.4) is 0 Å². The molecule has 0 amide bonds. The first-order valence-corrected chi connectivity index (χ1v) is 14.0. The molecule has 9 nitrogen and oxygen atoms in total. The average Bonchev–Trinajstić information content (AvgIpc) is 3.77. The average molecular weight is 590 g/mol. The van der Waals surface area contributed by atoms with E-state index >= 15 is 0 Å². The molecule has 10 heteroatoms. The summed E-state index contributed by atoms with van der Waals surface area (Å²) in [6, 6.07) is 31.9. The van der Waals surface area contributed by atoms with Crippen LogP contribution in [-0.2, 0) is 23.7 Å². The Morgan fingerprint density at radius 1 is 0.465 bits per heavy atom. The molecule has 200 valence electrons. The van der Waals surface area contributed by atoms with E-state index in [1.54, 1.807) is 4.57 Å². The monoisotopic (exact) mass is 590 g/mol. The zero-order valence-electron chi connectivity index (χ0n) is 22.4. The van der Waals surface area contributed by atoms with Gasteiger partial charge in [0.2, 0.25) is 0 Å². The van der Waals surface area contributed by atoms with Gasteiger partial charge in [-0.05, 0) is 32.7 Å². The van der Waals surface area contributed by atoms with Crippen molar-refractivity contribution in [2.24, 2.45) is 0 Å². The molecule has 0 fully saturated rings. The summed E-state index contributed by atoms with van der Waals surface area (Å²) in [7, 11) is 4.36. The number of fused-ring (bicyclic) bond motifs is 20. The summed E-state index contributed by atoms with van der Waals surface area (Å²) in [5, 5.41) is 3.58. The molecule has 0 radical (unpaired) electrons. The Morgan fingerprint density at radius 3 is 1.19 bits per heavy atom. The van der Waals surface area contributed by atoms with Crippen LogP contribution in [0.5, 0.6) is 0 Å². The van der Waals surface area contributed by atoms with Crippen LogP contribution in [0.15, 0.2) is 97.1 Å². The van der Waals surface area contributed by atoms with E-state index in [1.807, 2.05) is 97.1 Å². The maximum absolute atomic E-state index is 8.25. The minimum absolute atomic E-state index is 0.551. The van der Waals surface area contributed by atoms with Crippen LogP contribution in [0, 0.1) is 7.05 Å². The van der Waals surface area contributed by atoms with Gasteiger partial charge in [-0.25, -0.2) is 4.98 Å². The maximum atomic E-state index is 8.25. The summed E-state index contributed by atoms with van der Waals surface area (Å²) in [6.07, 6.45) is 0. The molecular weight excluding hydrogens is 572 g/mol. The van der Waals surface area contributed by atoms with Gasteiger partial charge in [-0.15, -0.1) is 0 Å². The molecule has 4 aromatic carbocycles. The Bertz CT molecular complexity index is 2270. The van der Waals surface area contributed by atoms with Crippen LogP contribution in [-0.4, -0.2) is 24.9 Å². The third-order valence-electron chi connectivity index (χ3n) is 7.63. The number of rotatable bonds is 0. The van der Waals surface area contributed by atoms with Crippen molar-refractivity contribution in [3.63, 3.8) is 0 Å². The number of aromatic nitrogens is 8. The molecule has 0 saturated carbocycles. The van der Waals surface area contributed by atoms with Crippen molar-refractivity contribution in [2.75, 3.05) is 0 Å². The van der Waals surface area contributed by atoms with Gasteiger partial charge >= 0.3 is 23.7 Å². The fourth-order valence-corrected chi connectivity index (χ4v) is 5.70. The molecule has 0 N–H and O–H groups in total. The Labute approximate surface area is 256 Å². The van der Waals surface area contributed by atoms with Crippen molar-refractivity contribution in [1.29, 1.82) is 0 Å². The first kappa shape index (κ1) is 25.3. The van der Waals surface area contributed by atoms with E-state index in [9.17, 15) is 0 Å². The molecule has 0 spiro atoms. The molecule has 9 rings (SSSR count). The van der Waals surface area contributed by atoms with Gasteiger partial charge in [0.1, 0.15) is 0 Å². The van der Waals surface area contributed by atoms with Gasteiger partial charge in [0.05, 0.1) is 11.6 Å². The topological polar surface area (TPSA) is 114 Å². The molecule has 7 aromatic rings. The summed E-state index contributed by atoms with van der Waals surface area (Å²) in [5.74, 6) is 2.41. The molecular formula is C33H18N8OTi. The SMILES string of the molecule is [CH2-][n+]1c2nc3[n-]c(nc4nc(nc5[n-]c(nc1-c1ccccc1-2)c1ccccc51)-c1ccccc1-4)c1ccccc31.[O]=[Ti+2]. The van der Waals surface area contributed by atoms with Crippen LogP contribution in [0.4, 0.5) is 0 Å². The molecule has 0 saturated heterocycles. The molecule has 2 aliphatic rings. The van der Waals surface area contributed by atoms with Crippen molar-refractivity contribution in [1.82, 2.24) is 34.9 Å². The quantitative estimate of drug-likeness (QED) is 0.129. The fourth-order valence-electron chi connectivity index (χ4n) is 5.70. The molecule has 0 aliphatic carbocycles. The zero-order chi connectivity index (χ0) is 29.1. The number of benzene rings is 4. The van der Waals surface area contributed by atoms with Gasteiger partial charge in [-0.3, -0.25) is 0 Å². The third kappa shape index (κ3) is 3.86. The van der Waals surface area contributed by atoms with Crippen molar-refractivity contribution >= 4 is 44.1 Å². The second-order valence-electron chi connectivity index (χ2n) is 9.98.